The van der Waals surface area contributed by atoms with Gasteiger partial charge < -0.3 is 0 Å². The van der Waals surface area contributed by atoms with Crippen LogP contribution in [0.4, 0.5) is 0 Å². The van der Waals surface area contributed by atoms with Crippen molar-refractivity contribution in [3.8, 4) is 6.07 Å². The number of rotatable bonds is 1. The molecule has 2 aromatic carbocycles. The molecule has 0 fully saturated rings. The van der Waals surface area contributed by atoms with Crippen LogP contribution in [0.3, 0.4) is 0 Å². The summed E-state index contributed by atoms with van der Waals surface area (Å²) in [5, 5.41) is 10.8. The number of amides is 2. The van der Waals surface area contributed by atoms with Gasteiger partial charge in [0.25, 0.3) is 11.8 Å². The summed E-state index contributed by atoms with van der Waals surface area (Å²) in [5.41, 5.74) is -0.230. The van der Waals surface area contributed by atoms with Gasteiger partial charge in [-0.05, 0) is 31.4 Å². The molecule has 3 rings (SSSR count). The predicted octanol–water partition coefficient (Wildman–Crippen LogP) is 2.74. The summed E-state index contributed by atoms with van der Waals surface area (Å²) in [6.45, 7) is 3.13. The standard InChI is InChI=1S/C16H12N2O2/c1-16(2,9-17)18-14(19)11-7-3-5-10-6-4-8-12(13(10)11)15(18)20/h3-8H,1-2H3. The van der Waals surface area contributed by atoms with Gasteiger partial charge in [0.05, 0.1) is 6.07 Å². The fourth-order valence-electron chi connectivity index (χ4n) is 2.59. The Kier molecular flexibility index (Phi) is 2.42. The number of nitrogens with zero attached hydrogens (tertiary/aromatic N) is 2. The second-order valence-corrected chi connectivity index (χ2v) is 5.33. The zero-order chi connectivity index (χ0) is 14.5. The molecule has 2 amide bonds. The largest absolute Gasteiger partial charge is 0.269 e. The van der Waals surface area contributed by atoms with Crippen LogP contribution in [0.15, 0.2) is 36.4 Å². The van der Waals surface area contributed by atoms with Gasteiger partial charge >= 0.3 is 0 Å². The third kappa shape index (κ3) is 1.47. The molecule has 0 bridgehead atoms. The van der Waals surface area contributed by atoms with Gasteiger partial charge in [0, 0.05) is 16.5 Å². The van der Waals surface area contributed by atoms with E-state index in [1.807, 2.05) is 18.2 Å². The Bertz CT molecular complexity index is 749. The maximum Gasteiger partial charge on any atom is 0.262 e. The summed E-state index contributed by atoms with van der Waals surface area (Å²) in [6.07, 6.45) is 0. The van der Waals surface area contributed by atoms with Crippen LogP contribution in [0.2, 0.25) is 0 Å². The van der Waals surface area contributed by atoms with Crippen LogP contribution in [-0.2, 0) is 0 Å². The molecule has 0 saturated carbocycles. The first-order valence-electron chi connectivity index (χ1n) is 6.29. The van der Waals surface area contributed by atoms with Gasteiger partial charge in [-0.2, -0.15) is 5.26 Å². The van der Waals surface area contributed by atoms with Crippen molar-refractivity contribution in [2.75, 3.05) is 0 Å². The molecule has 0 saturated heterocycles. The van der Waals surface area contributed by atoms with E-state index < -0.39 is 17.4 Å². The minimum atomic E-state index is -1.18. The van der Waals surface area contributed by atoms with E-state index >= 15 is 0 Å². The Morgan fingerprint density at radius 2 is 1.50 bits per heavy atom. The number of benzene rings is 2. The lowest BCUT2D eigenvalue weighted by molar-refractivity contribution is 0.0503. The number of hydrogen-bond donors (Lipinski definition) is 0. The van der Waals surface area contributed by atoms with Crippen molar-refractivity contribution < 1.29 is 9.59 Å². The molecule has 98 valence electrons. The van der Waals surface area contributed by atoms with Crippen molar-refractivity contribution in [3.63, 3.8) is 0 Å². The van der Waals surface area contributed by atoms with E-state index in [2.05, 4.69) is 0 Å². The molecule has 2 aromatic rings. The van der Waals surface area contributed by atoms with E-state index in [-0.39, 0.29) is 0 Å². The number of carbonyl (C=O) groups is 2. The minimum absolute atomic E-state index is 0.411. The Morgan fingerprint density at radius 3 is 1.95 bits per heavy atom. The normalized spacial score (nSPS) is 14.6. The van der Waals surface area contributed by atoms with Gasteiger partial charge in [-0.3, -0.25) is 14.5 Å². The lowest BCUT2D eigenvalue weighted by Gasteiger charge is -2.34. The molecule has 1 heterocycles. The summed E-state index contributed by atoms with van der Waals surface area (Å²) in [4.78, 5) is 26.2. The molecule has 0 atom stereocenters. The molecule has 1 aliphatic rings. The van der Waals surface area contributed by atoms with Crippen LogP contribution >= 0.6 is 0 Å². The molecule has 0 aromatic heterocycles. The van der Waals surface area contributed by atoms with Crippen molar-refractivity contribution >= 4 is 22.6 Å². The summed E-state index contributed by atoms with van der Waals surface area (Å²) >= 11 is 0. The molecule has 0 N–H and O–H groups in total. The van der Waals surface area contributed by atoms with Crippen molar-refractivity contribution in [2.24, 2.45) is 0 Å². The summed E-state index contributed by atoms with van der Waals surface area (Å²) < 4.78 is 0. The van der Waals surface area contributed by atoms with E-state index in [1.54, 1.807) is 38.1 Å². The fraction of sp³-hybridized carbons (Fsp3) is 0.188. The highest BCUT2D eigenvalue weighted by Crippen LogP contribution is 2.33. The van der Waals surface area contributed by atoms with Gasteiger partial charge in [-0.25, -0.2) is 0 Å². The first-order valence-corrected chi connectivity index (χ1v) is 6.29. The second-order valence-electron chi connectivity index (χ2n) is 5.33. The third-order valence-electron chi connectivity index (χ3n) is 3.60. The first-order chi connectivity index (χ1) is 9.47. The molecule has 0 radical (unpaired) electrons. The molecule has 1 aliphatic heterocycles. The lowest BCUT2D eigenvalue weighted by atomic mass is 9.91. The Balaban J connectivity index is 2.36. The molecule has 4 heteroatoms. The second kappa shape index (κ2) is 3.91. The molecule has 0 spiro atoms. The average Bonchev–Trinajstić information content (AvgIpc) is 2.44. The highest BCUT2D eigenvalue weighted by atomic mass is 16.2. The number of nitriles is 1. The van der Waals surface area contributed by atoms with Crippen molar-refractivity contribution in [1.29, 1.82) is 5.26 Å². The molecule has 4 nitrogen and oxygen atoms in total. The average molecular weight is 264 g/mol. The van der Waals surface area contributed by atoms with E-state index in [1.165, 1.54) is 0 Å². The van der Waals surface area contributed by atoms with Crippen molar-refractivity contribution in [2.45, 2.75) is 19.4 Å². The lowest BCUT2D eigenvalue weighted by Crippen LogP contribution is -2.52. The van der Waals surface area contributed by atoms with Crippen LogP contribution in [-0.4, -0.2) is 22.3 Å². The van der Waals surface area contributed by atoms with Crippen LogP contribution in [0.25, 0.3) is 10.8 Å². The highest BCUT2D eigenvalue weighted by Gasteiger charge is 2.41. The third-order valence-corrected chi connectivity index (χ3v) is 3.60. The Labute approximate surface area is 116 Å². The molecular formula is C16H12N2O2. The van der Waals surface area contributed by atoms with Gasteiger partial charge in [0.15, 0.2) is 0 Å². The molecule has 0 unspecified atom stereocenters. The molecule has 20 heavy (non-hydrogen) atoms. The van der Waals surface area contributed by atoms with Crippen molar-refractivity contribution in [1.82, 2.24) is 4.90 Å². The maximum atomic E-state index is 12.6. The van der Waals surface area contributed by atoms with Crippen LogP contribution in [0.1, 0.15) is 34.6 Å². The first kappa shape index (κ1) is 12.4. The quantitative estimate of drug-likeness (QED) is 0.744. The summed E-state index contributed by atoms with van der Waals surface area (Å²) in [7, 11) is 0. The summed E-state index contributed by atoms with van der Waals surface area (Å²) in [6, 6.07) is 12.7. The van der Waals surface area contributed by atoms with Crippen LogP contribution in [0, 0.1) is 11.3 Å². The monoisotopic (exact) mass is 264 g/mol. The zero-order valence-corrected chi connectivity index (χ0v) is 11.2. The number of carbonyl (C=O) groups excluding carboxylic acids is 2. The van der Waals surface area contributed by atoms with E-state index in [9.17, 15) is 14.9 Å². The van der Waals surface area contributed by atoms with E-state index in [4.69, 9.17) is 0 Å². The predicted molar refractivity (Wildman–Crippen MR) is 74.1 cm³/mol. The van der Waals surface area contributed by atoms with Crippen molar-refractivity contribution in [3.05, 3.63) is 47.5 Å². The van der Waals surface area contributed by atoms with Crippen LogP contribution in [0.5, 0.6) is 0 Å². The molecule has 0 aliphatic carbocycles. The van der Waals surface area contributed by atoms with Gasteiger partial charge in [-0.1, -0.05) is 24.3 Å². The Morgan fingerprint density at radius 1 is 1.00 bits per heavy atom. The minimum Gasteiger partial charge on any atom is -0.269 e. The van der Waals surface area contributed by atoms with E-state index in [0.29, 0.717) is 16.5 Å². The summed E-state index contributed by atoms with van der Waals surface area (Å²) in [5.74, 6) is -0.822. The maximum absolute atomic E-state index is 12.6. The van der Waals surface area contributed by atoms with Crippen LogP contribution < -0.4 is 0 Å². The van der Waals surface area contributed by atoms with Gasteiger partial charge in [0.1, 0.15) is 5.54 Å². The highest BCUT2D eigenvalue weighted by molar-refractivity contribution is 6.25. The number of imide groups is 1. The molecular weight excluding hydrogens is 252 g/mol. The SMILES string of the molecule is CC(C)(C#N)N1C(=O)c2cccc3cccc(c23)C1=O. The Hall–Kier alpha value is -2.67. The van der Waals surface area contributed by atoms with Gasteiger partial charge in [0.2, 0.25) is 0 Å². The fourth-order valence-corrected chi connectivity index (χ4v) is 2.59. The smallest absolute Gasteiger partial charge is 0.262 e. The van der Waals surface area contributed by atoms with E-state index in [0.717, 1.165) is 10.3 Å². The topological polar surface area (TPSA) is 61.2 Å². The van der Waals surface area contributed by atoms with Gasteiger partial charge in [-0.15, -0.1) is 0 Å². The zero-order valence-electron chi connectivity index (χ0n) is 11.2. The number of hydrogen-bond acceptors (Lipinski definition) is 3.